The number of ether oxygens (including phenoxy) is 3. The molecule has 0 aliphatic carbocycles. The zero-order valence-electron chi connectivity index (χ0n) is 29.6. The summed E-state index contributed by atoms with van der Waals surface area (Å²) in [5.41, 5.74) is 0.579. The van der Waals surface area contributed by atoms with Crippen LogP contribution in [0.4, 0.5) is 11.4 Å². The largest absolute Gasteiger partial charge is 0.497 e. The first kappa shape index (κ1) is 37.7. The minimum atomic E-state index is -2.46. The molecule has 2 fully saturated rings. The number of benzene rings is 2. The fourth-order valence-corrected chi connectivity index (χ4v) is 12.3. The third-order valence-electron chi connectivity index (χ3n) is 10.9. The van der Waals surface area contributed by atoms with Gasteiger partial charge in [0.15, 0.2) is 18.0 Å². The first-order valence-electron chi connectivity index (χ1n) is 17.4. The summed E-state index contributed by atoms with van der Waals surface area (Å²) < 4.78 is 19.4. The number of amides is 2. The Hall–Kier alpha value is -4.00. The Morgan fingerprint density at radius 2 is 1.85 bits per heavy atom. The summed E-state index contributed by atoms with van der Waals surface area (Å²) in [6.07, 6.45) is -5.04. The highest BCUT2D eigenvalue weighted by Gasteiger charge is 2.66. The third-order valence-corrected chi connectivity index (χ3v) is 15.2. The second-order valence-electron chi connectivity index (χ2n) is 14.2. The summed E-state index contributed by atoms with van der Waals surface area (Å²) >= 11 is 0. The number of fused-ring (bicyclic) bond motifs is 2. The number of carbonyl (C=O) groups excluding carboxylic acids is 2. The van der Waals surface area contributed by atoms with Gasteiger partial charge in [-0.15, -0.1) is 11.7 Å². The van der Waals surface area contributed by atoms with Crippen molar-refractivity contribution in [2.24, 2.45) is 5.92 Å². The maximum atomic E-state index is 14.8. The molecule has 0 unspecified atom stereocenters. The molecule has 3 aromatic rings. The highest BCUT2D eigenvalue weighted by molar-refractivity contribution is 6.91. The zero-order chi connectivity index (χ0) is 37.5. The van der Waals surface area contributed by atoms with Crippen LogP contribution in [0.3, 0.4) is 0 Å². The number of methoxy groups -OCH3 is 1. The number of hydrogen-bond donors (Lipinski definition) is 6. The van der Waals surface area contributed by atoms with Crippen molar-refractivity contribution in [1.82, 2.24) is 15.0 Å². The predicted octanol–water partition coefficient (Wildman–Crippen LogP) is 0.399. The lowest BCUT2D eigenvalue weighted by molar-refractivity contribution is -0.274. The second-order valence-corrected chi connectivity index (χ2v) is 18.9. The Kier molecular flexibility index (Phi) is 10.7. The molecule has 4 heterocycles. The Balaban J connectivity index is 1.39. The van der Waals surface area contributed by atoms with Gasteiger partial charge in [0.25, 0.3) is 11.8 Å². The number of nitrogens with one attached hydrogen (secondary N) is 1. The molecule has 2 saturated heterocycles. The van der Waals surface area contributed by atoms with E-state index in [1.54, 1.807) is 47.2 Å². The molecule has 0 bridgehead atoms. The number of anilines is 2. The van der Waals surface area contributed by atoms with Gasteiger partial charge in [-0.3, -0.25) is 14.3 Å². The molecule has 1 aromatic heterocycles. The average Bonchev–Trinajstić information content (AvgIpc) is 3.78. The fraction of sp³-hybridized carbons (Fsp3) is 0.500. The second kappa shape index (κ2) is 14.8. The highest BCUT2D eigenvalue weighted by atomic mass is 28.3. The third kappa shape index (κ3) is 6.47. The minimum Gasteiger partial charge on any atom is -0.497 e. The molecular weight excluding hydrogens is 691 g/mol. The number of aliphatic hydroxyl groups is 5. The van der Waals surface area contributed by atoms with E-state index < -0.39 is 56.4 Å². The van der Waals surface area contributed by atoms with E-state index in [4.69, 9.17) is 14.2 Å². The molecule has 3 aliphatic heterocycles. The van der Waals surface area contributed by atoms with Gasteiger partial charge in [-0.25, -0.2) is 0 Å². The first-order valence-corrected chi connectivity index (χ1v) is 20.4. The maximum Gasteiger partial charge on any atom is 0.264 e. The van der Waals surface area contributed by atoms with Crippen LogP contribution in [0.1, 0.15) is 24.6 Å². The first-order chi connectivity index (χ1) is 24.8. The summed E-state index contributed by atoms with van der Waals surface area (Å²) in [6.45, 7) is 11.1. The smallest absolute Gasteiger partial charge is 0.264 e. The van der Waals surface area contributed by atoms with Crippen LogP contribution in [0.25, 0.3) is 0 Å². The lowest BCUT2D eigenvalue weighted by atomic mass is 9.82. The van der Waals surface area contributed by atoms with E-state index in [-0.39, 0.29) is 36.2 Å². The number of nitrogens with zero attached hydrogens (tertiary/aromatic N) is 4. The molecule has 1 spiro atoms. The van der Waals surface area contributed by atoms with Crippen molar-refractivity contribution in [1.29, 1.82) is 0 Å². The summed E-state index contributed by atoms with van der Waals surface area (Å²) in [4.78, 5) is 29.7. The van der Waals surface area contributed by atoms with Crippen LogP contribution >= 0.6 is 0 Å². The molecule has 0 radical (unpaired) electrons. The normalized spacial score (nSPS) is 30.1. The molecular formula is C36H47N5O10Si. The van der Waals surface area contributed by atoms with Crippen molar-refractivity contribution in [2.75, 3.05) is 30.5 Å². The van der Waals surface area contributed by atoms with E-state index in [1.807, 2.05) is 19.1 Å². The van der Waals surface area contributed by atoms with Gasteiger partial charge in [-0.05, 0) is 42.3 Å². The van der Waals surface area contributed by atoms with Crippen molar-refractivity contribution in [3.8, 4) is 5.75 Å². The van der Waals surface area contributed by atoms with Crippen LogP contribution in [0.5, 0.6) is 5.75 Å². The SMILES string of the molecule is C=CCN1C(=O)[C@@]2(O[C@@H](CCn3cc(CCO)nn3)[C@H]([Si](C)(C)c3ccc(OC)cc3)[C@H]2C)c2cc(NC(=O)[C@H]3O[C@@H](O)[C@H](O)[C@@H](O)[C@@H]3O)ccc21. The van der Waals surface area contributed by atoms with E-state index in [2.05, 4.69) is 47.4 Å². The standard InChI is InChI=1S/C36H47N5O10Si/c1-6-15-41-26-12-7-21(37-33(46)31-29(44)28(43)30(45)34(47)50-31)18-25(26)36(35(41)48)20(2)32(52(4,5)24-10-8-23(49-3)9-11-24)27(51-36)13-16-40-19-22(14-17-42)38-39-40/h6-12,18-20,27-32,34,42-45,47H,1,13-17H2,2-5H3,(H,37,46)/t20-,27+,28+,29+,30-,31+,32-,34-,36+/m1/s1. The fourth-order valence-electron chi connectivity index (χ4n) is 8.20. The van der Waals surface area contributed by atoms with Crippen molar-refractivity contribution >= 4 is 36.4 Å². The monoisotopic (exact) mass is 737 g/mol. The van der Waals surface area contributed by atoms with Gasteiger partial charge in [-0.1, -0.05) is 48.6 Å². The number of carbonyl (C=O) groups is 2. The molecule has 15 nitrogen and oxygen atoms in total. The van der Waals surface area contributed by atoms with E-state index in [1.165, 1.54) is 0 Å². The summed E-state index contributed by atoms with van der Waals surface area (Å²) in [5, 5.41) is 62.1. The maximum absolute atomic E-state index is 14.8. The lowest BCUT2D eigenvalue weighted by Crippen LogP contribution is -2.60. The van der Waals surface area contributed by atoms with Crippen molar-refractivity contribution in [2.45, 2.75) is 87.4 Å². The van der Waals surface area contributed by atoms with E-state index in [0.29, 0.717) is 36.3 Å². The van der Waals surface area contributed by atoms with E-state index in [9.17, 15) is 35.1 Å². The summed E-state index contributed by atoms with van der Waals surface area (Å²) in [6, 6.07) is 13.0. The topological polar surface area (TPSA) is 209 Å². The molecule has 2 amide bonds. The van der Waals surface area contributed by atoms with Crippen LogP contribution < -0.4 is 20.1 Å². The van der Waals surface area contributed by atoms with Gasteiger partial charge in [0.1, 0.15) is 24.1 Å². The average molecular weight is 738 g/mol. The number of aliphatic hydroxyl groups excluding tert-OH is 5. The Morgan fingerprint density at radius 3 is 2.52 bits per heavy atom. The van der Waals surface area contributed by atoms with Gasteiger partial charge in [0.2, 0.25) is 0 Å². The van der Waals surface area contributed by atoms with Crippen molar-refractivity contribution in [3.63, 3.8) is 0 Å². The van der Waals surface area contributed by atoms with Crippen LogP contribution in [0.15, 0.2) is 61.3 Å². The van der Waals surface area contributed by atoms with Crippen LogP contribution in [0, 0.1) is 5.92 Å². The number of aryl methyl sites for hydroxylation is 1. The van der Waals surface area contributed by atoms with E-state index in [0.717, 1.165) is 10.9 Å². The van der Waals surface area contributed by atoms with Crippen molar-refractivity contribution < 1.29 is 49.3 Å². The Bertz CT molecular complexity index is 1790. The van der Waals surface area contributed by atoms with Gasteiger partial charge >= 0.3 is 0 Å². The zero-order valence-corrected chi connectivity index (χ0v) is 30.6. The quantitative estimate of drug-likeness (QED) is 0.110. The van der Waals surface area contributed by atoms with E-state index >= 15 is 0 Å². The lowest BCUT2D eigenvalue weighted by Gasteiger charge is -2.37. The van der Waals surface area contributed by atoms with Gasteiger partial charge in [0.05, 0.1) is 32.7 Å². The number of rotatable bonds is 12. The molecule has 2 aromatic carbocycles. The minimum absolute atomic E-state index is 0.0410. The van der Waals surface area contributed by atoms with Crippen molar-refractivity contribution in [3.05, 3.63) is 72.6 Å². The van der Waals surface area contributed by atoms with Crippen LogP contribution in [-0.4, -0.2) is 117 Å². The number of hydrogen-bond acceptors (Lipinski definition) is 12. The Morgan fingerprint density at radius 1 is 1.12 bits per heavy atom. The Labute approximate surface area is 302 Å². The summed E-state index contributed by atoms with van der Waals surface area (Å²) in [5.74, 6) is -0.716. The molecule has 6 N–H and O–H groups in total. The molecule has 3 aliphatic rings. The molecule has 16 heteroatoms. The van der Waals surface area contributed by atoms with Crippen LogP contribution in [-0.2, 0) is 37.6 Å². The molecule has 52 heavy (non-hydrogen) atoms. The molecule has 280 valence electrons. The number of aromatic nitrogens is 3. The molecule has 0 saturated carbocycles. The molecule has 6 rings (SSSR count). The predicted molar refractivity (Wildman–Crippen MR) is 192 cm³/mol. The van der Waals surface area contributed by atoms with Gasteiger partial charge in [0, 0.05) is 49.5 Å². The van der Waals surface area contributed by atoms with Gasteiger partial charge in [-0.2, -0.15) is 0 Å². The highest BCUT2D eigenvalue weighted by Crippen LogP contribution is 2.60. The molecule has 9 atom stereocenters. The summed E-state index contributed by atoms with van der Waals surface area (Å²) in [7, 11) is -0.838. The van der Waals surface area contributed by atoms with Crippen LogP contribution in [0.2, 0.25) is 18.6 Å². The van der Waals surface area contributed by atoms with Gasteiger partial charge < -0.3 is 50.0 Å².